The molecule has 158 valence electrons. The Morgan fingerprint density at radius 1 is 0.903 bits per heavy atom. The number of nitrogens with zero attached hydrogens (tertiary/aromatic N) is 2. The molecule has 31 heavy (non-hydrogen) atoms. The van der Waals surface area contributed by atoms with Crippen LogP contribution in [0.2, 0.25) is 0 Å². The van der Waals surface area contributed by atoms with E-state index in [4.69, 9.17) is 10.3 Å². The van der Waals surface area contributed by atoms with Crippen molar-refractivity contribution in [3.8, 4) is 34.0 Å². The lowest BCUT2D eigenvalue weighted by Crippen LogP contribution is -2.07. The van der Waals surface area contributed by atoms with E-state index < -0.39 is 11.7 Å². The molecular formula is C24H20F3N3O. The van der Waals surface area contributed by atoms with Gasteiger partial charge in [0, 0.05) is 17.2 Å². The molecule has 1 heterocycles. The number of hydrogen-bond donors (Lipinski definition) is 1. The van der Waals surface area contributed by atoms with Gasteiger partial charge in [-0.05, 0) is 54.3 Å². The van der Waals surface area contributed by atoms with Crippen molar-refractivity contribution in [1.82, 2.24) is 10.1 Å². The van der Waals surface area contributed by atoms with Gasteiger partial charge in [0.2, 0.25) is 5.82 Å². The molecule has 0 fully saturated rings. The van der Waals surface area contributed by atoms with Crippen LogP contribution in [0.1, 0.15) is 29.7 Å². The number of halogens is 3. The Bertz CT molecular complexity index is 1210. The fraction of sp³-hybridized carbons (Fsp3) is 0.167. The van der Waals surface area contributed by atoms with Crippen molar-refractivity contribution in [3.63, 3.8) is 0 Å². The summed E-state index contributed by atoms with van der Waals surface area (Å²) in [7, 11) is 0. The molecule has 4 aromatic rings. The van der Waals surface area contributed by atoms with E-state index in [2.05, 4.69) is 10.1 Å². The lowest BCUT2D eigenvalue weighted by atomic mass is 9.94. The monoisotopic (exact) mass is 423 g/mol. The Kier molecular flexibility index (Phi) is 5.37. The minimum atomic E-state index is -4.43. The van der Waals surface area contributed by atoms with Gasteiger partial charge in [-0.2, -0.15) is 18.2 Å². The van der Waals surface area contributed by atoms with Crippen LogP contribution in [0.25, 0.3) is 34.0 Å². The Hall–Kier alpha value is -3.45. The number of alkyl halides is 3. The molecule has 0 radical (unpaired) electrons. The largest absolute Gasteiger partial charge is 0.417 e. The topological polar surface area (TPSA) is 64.9 Å². The molecular weight excluding hydrogens is 403 g/mol. The number of aromatic nitrogens is 2. The zero-order valence-electron chi connectivity index (χ0n) is 16.9. The maximum atomic E-state index is 13.4. The van der Waals surface area contributed by atoms with Crippen LogP contribution in [-0.2, 0) is 6.18 Å². The summed E-state index contributed by atoms with van der Waals surface area (Å²) in [6.07, 6.45) is -4.43. The summed E-state index contributed by atoms with van der Waals surface area (Å²) < 4.78 is 45.6. The average Bonchev–Trinajstić information content (AvgIpc) is 3.23. The molecule has 0 aliphatic rings. The van der Waals surface area contributed by atoms with Crippen LogP contribution >= 0.6 is 0 Å². The summed E-state index contributed by atoms with van der Waals surface area (Å²) in [5.41, 5.74) is 8.94. The Morgan fingerprint density at radius 2 is 1.58 bits per heavy atom. The van der Waals surface area contributed by atoms with E-state index in [9.17, 15) is 13.2 Å². The number of benzene rings is 3. The molecule has 0 spiro atoms. The molecule has 1 unspecified atom stereocenters. The van der Waals surface area contributed by atoms with Gasteiger partial charge in [-0.3, -0.25) is 0 Å². The second-order valence-corrected chi connectivity index (χ2v) is 7.41. The van der Waals surface area contributed by atoms with Gasteiger partial charge < -0.3 is 10.3 Å². The van der Waals surface area contributed by atoms with Crippen molar-refractivity contribution >= 4 is 0 Å². The van der Waals surface area contributed by atoms with Crippen LogP contribution in [0.15, 0.2) is 71.3 Å². The summed E-state index contributed by atoms with van der Waals surface area (Å²) in [4.78, 5) is 4.44. The quantitative estimate of drug-likeness (QED) is 0.411. The minimum absolute atomic E-state index is 0.0705. The molecule has 0 saturated carbocycles. The van der Waals surface area contributed by atoms with Crippen LogP contribution in [-0.4, -0.2) is 10.1 Å². The second-order valence-electron chi connectivity index (χ2n) is 7.41. The maximum absolute atomic E-state index is 13.4. The molecule has 1 aromatic heterocycles. The smallest absolute Gasteiger partial charge is 0.334 e. The van der Waals surface area contributed by atoms with Crippen LogP contribution < -0.4 is 5.73 Å². The number of aryl methyl sites for hydroxylation is 1. The third-order valence-electron chi connectivity index (χ3n) is 5.12. The van der Waals surface area contributed by atoms with E-state index in [1.54, 1.807) is 31.2 Å². The molecule has 0 aliphatic heterocycles. The van der Waals surface area contributed by atoms with Crippen LogP contribution in [0, 0.1) is 6.92 Å². The molecule has 3 aromatic carbocycles. The third-order valence-corrected chi connectivity index (χ3v) is 5.12. The molecule has 1 atom stereocenters. The molecule has 4 rings (SSSR count). The number of nitrogens with two attached hydrogens (primary N) is 1. The third kappa shape index (κ3) is 4.22. The Balaban J connectivity index is 1.66. The van der Waals surface area contributed by atoms with E-state index in [0.29, 0.717) is 28.4 Å². The van der Waals surface area contributed by atoms with Gasteiger partial charge in [0.05, 0.1) is 5.56 Å². The first-order chi connectivity index (χ1) is 14.7. The van der Waals surface area contributed by atoms with E-state index in [-0.39, 0.29) is 11.6 Å². The molecule has 0 saturated heterocycles. The molecule has 2 N–H and O–H groups in total. The van der Waals surface area contributed by atoms with Crippen molar-refractivity contribution in [2.75, 3.05) is 0 Å². The predicted octanol–water partition coefficient (Wildman–Crippen LogP) is 6.42. The van der Waals surface area contributed by atoms with E-state index in [0.717, 1.165) is 17.2 Å². The summed E-state index contributed by atoms with van der Waals surface area (Å²) in [5.74, 6) is 0.723. The standard InChI is InChI=1S/C24H20F3N3O/c1-14-13-18(11-12-19(14)20-5-3-4-6-21(20)24(25,26)27)23-29-22(30-31-23)17-9-7-16(8-10-17)15(2)28/h3-13,15H,28H2,1-2H3. The van der Waals surface area contributed by atoms with Gasteiger partial charge >= 0.3 is 6.18 Å². The normalized spacial score (nSPS) is 12.7. The summed E-state index contributed by atoms with van der Waals surface area (Å²) in [6.45, 7) is 3.66. The molecule has 0 amide bonds. The van der Waals surface area contributed by atoms with Crippen LogP contribution in [0.5, 0.6) is 0 Å². The lowest BCUT2D eigenvalue weighted by molar-refractivity contribution is -0.137. The Morgan fingerprint density at radius 3 is 2.23 bits per heavy atom. The number of hydrogen-bond acceptors (Lipinski definition) is 4. The zero-order chi connectivity index (χ0) is 22.2. The first-order valence-electron chi connectivity index (χ1n) is 9.71. The molecule has 0 aliphatic carbocycles. The minimum Gasteiger partial charge on any atom is -0.334 e. The van der Waals surface area contributed by atoms with Gasteiger partial charge in [0.25, 0.3) is 5.89 Å². The highest BCUT2D eigenvalue weighted by molar-refractivity contribution is 5.74. The first-order valence-corrected chi connectivity index (χ1v) is 9.71. The average molecular weight is 423 g/mol. The fourth-order valence-corrected chi connectivity index (χ4v) is 3.46. The van der Waals surface area contributed by atoms with E-state index in [1.165, 1.54) is 12.1 Å². The van der Waals surface area contributed by atoms with Gasteiger partial charge in [-0.1, -0.05) is 53.7 Å². The Labute approximate surface area is 177 Å². The van der Waals surface area contributed by atoms with E-state index in [1.807, 2.05) is 31.2 Å². The zero-order valence-corrected chi connectivity index (χ0v) is 16.9. The highest BCUT2D eigenvalue weighted by Crippen LogP contribution is 2.38. The highest BCUT2D eigenvalue weighted by Gasteiger charge is 2.33. The van der Waals surface area contributed by atoms with Crippen molar-refractivity contribution in [2.45, 2.75) is 26.1 Å². The van der Waals surface area contributed by atoms with Gasteiger partial charge in [0.1, 0.15) is 0 Å². The molecule has 7 heteroatoms. The summed E-state index contributed by atoms with van der Waals surface area (Å²) in [6, 6.07) is 18.1. The molecule has 4 nitrogen and oxygen atoms in total. The maximum Gasteiger partial charge on any atom is 0.417 e. The van der Waals surface area contributed by atoms with Crippen molar-refractivity contribution < 1.29 is 17.7 Å². The fourth-order valence-electron chi connectivity index (χ4n) is 3.46. The predicted molar refractivity (Wildman–Crippen MR) is 113 cm³/mol. The lowest BCUT2D eigenvalue weighted by Gasteiger charge is -2.14. The number of rotatable bonds is 4. The summed E-state index contributed by atoms with van der Waals surface area (Å²) >= 11 is 0. The van der Waals surface area contributed by atoms with Gasteiger partial charge in [0.15, 0.2) is 0 Å². The van der Waals surface area contributed by atoms with Gasteiger partial charge in [-0.25, -0.2) is 0 Å². The van der Waals surface area contributed by atoms with Gasteiger partial charge in [-0.15, -0.1) is 0 Å². The SMILES string of the molecule is Cc1cc(-c2nc(-c3ccc(C(C)N)cc3)no2)ccc1-c1ccccc1C(F)(F)F. The van der Waals surface area contributed by atoms with Crippen molar-refractivity contribution in [1.29, 1.82) is 0 Å². The van der Waals surface area contributed by atoms with Crippen molar-refractivity contribution in [3.05, 3.63) is 83.4 Å². The second kappa shape index (κ2) is 8.00. The van der Waals surface area contributed by atoms with E-state index >= 15 is 0 Å². The van der Waals surface area contributed by atoms with Crippen molar-refractivity contribution in [2.24, 2.45) is 5.73 Å². The van der Waals surface area contributed by atoms with Crippen LogP contribution in [0.3, 0.4) is 0 Å². The summed E-state index contributed by atoms with van der Waals surface area (Å²) in [5, 5.41) is 4.03. The van der Waals surface area contributed by atoms with Crippen LogP contribution in [0.4, 0.5) is 13.2 Å². The first kappa shape index (κ1) is 20.8. The highest BCUT2D eigenvalue weighted by atomic mass is 19.4. The molecule has 0 bridgehead atoms.